The first-order valence-electron chi connectivity index (χ1n) is 9.76. The number of benzene rings is 2. The Labute approximate surface area is 204 Å². The summed E-state index contributed by atoms with van der Waals surface area (Å²) in [6.07, 6.45) is 3.82. The van der Waals surface area contributed by atoms with Gasteiger partial charge in [0.15, 0.2) is 5.13 Å². The number of carbonyl (C=O) groups excluding carboxylic acids is 1. The number of methoxy groups -OCH3 is 1. The predicted molar refractivity (Wildman–Crippen MR) is 133 cm³/mol. The predicted octanol–water partition coefficient (Wildman–Crippen LogP) is 6.72. The van der Waals surface area contributed by atoms with Gasteiger partial charge < -0.3 is 4.74 Å². The van der Waals surface area contributed by atoms with E-state index in [0.717, 1.165) is 15.2 Å². The molecule has 4 aromatic rings. The van der Waals surface area contributed by atoms with Crippen LogP contribution >= 0.6 is 46.3 Å². The Morgan fingerprint density at radius 2 is 1.97 bits per heavy atom. The lowest BCUT2D eigenvalue weighted by Gasteiger charge is -2.20. The second-order valence-electron chi connectivity index (χ2n) is 6.82. The van der Waals surface area contributed by atoms with Crippen molar-refractivity contribution in [3.63, 3.8) is 0 Å². The third-order valence-electron chi connectivity index (χ3n) is 4.66. The molecule has 32 heavy (non-hydrogen) atoms. The SMILES string of the molecule is COc1ccc(Cl)c2sc(N(Cc3cccnc3)C(=O)CCSc3ccc(Cl)cc3)nc12. The van der Waals surface area contributed by atoms with Gasteiger partial charge in [-0.15, -0.1) is 11.8 Å². The van der Waals surface area contributed by atoms with Crippen molar-refractivity contribution in [3.05, 3.63) is 76.5 Å². The number of halogens is 2. The van der Waals surface area contributed by atoms with Gasteiger partial charge in [0.25, 0.3) is 0 Å². The lowest BCUT2D eigenvalue weighted by atomic mass is 10.2. The first-order valence-corrected chi connectivity index (χ1v) is 12.3. The summed E-state index contributed by atoms with van der Waals surface area (Å²) in [5.41, 5.74) is 1.57. The molecule has 164 valence electrons. The van der Waals surface area contributed by atoms with Crippen molar-refractivity contribution in [2.24, 2.45) is 0 Å². The minimum Gasteiger partial charge on any atom is -0.494 e. The maximum absolute atomic E-state index is 13.3. The Morgan fingerprint density at radius 3 is 2.69 bits per heavy atom. The van der Waals surface area contributed by atoms with Gasteiger partial charge in [0, 0.05) is 34.5 Å². The van der Waals surface area contributed by atoms with Crippen LogP contribution < -0.4 is 9.64 Å². The lowest BCUT2D eigenvalue weighted by molar-refractivity contribution is -0.118. The molecule has 0 aliphatic heterocycles. The molecule has 2 aromatic carbocycles. The van der Waals surface area contributed by atoms with Gasteiger partial charge in [-0.25, -0.2) is 4.98 Å². The number of aromatic nitrogens is 2. The molecule has 0 aliphatic carbocycles. The van der Waals surface area contributed by atoms with E-state index in [2.05, 4.69) is 4.98 Å². The smallest absolute Gasteiger partial charge is 0.229 e. The van der Waals surface area contributed by atoms with Gasteiger partial charge in [-0.3, -0.25) is 14.7 Å². The molecule has 0 N–H and O–H groups in total. The molecular formula is C23H19Cl2N3O2S2. The highest BCUT2D eigenvalue weighted by Crippen LogP contribution is 2.39. The number of thioether (sulfide) groups is 1. The number of hydrogen-bond donors (Lipinski definition) is 0. The van der Waals surface area contributed by atoms with Crippen LogP contribution in [0.15, 0.2) is 65.8 Å². The van der Waals surface area contributed by atoms with Gasteiger partial charge in [0.1, 0.15) is 11.3 Å². The van der Waals surface area contributed by atoms with Gasteiger partial charge in [-0.05, 0) is 48.0 Å². The normalized spacial score (nSPS) is 11.0. The van der Waals surface area contributed by atoms with E-state index < -0.39 is 0 Å². The fourth-order valence-electron chi connectivity index (χ4n) is 3.08. The fourth-order valence-corrected chi connectivity index (χ4v) is 5.32. The molecule has 5 nitrogen and oxygen atoms in total. The number of anilines is 1. The van der Waals surface area contributed by atoms with Crippen LogP contribution in [0.5, 0.6) is 5.75 Å². The van der Waals surface area contributed by atoms with Crippen molar-refractivity contribution < 1.29 is 9.53 Å². The highest BCUT2D eigenvalue weighted by molar-refractivity contribution is 7.99. The van der Waals surface area contributed by atoms with Crippen LogP contribution in [-0.2, 0) is 11.3 Å². The van der Waals surface area contributed by atoms with E-state index in [1.54, 1.807) is 48.3 Å². The fraction of sp³-hybridized carbons (Fsp3) is 0.174. The number of amides is 1. The zero-order valence-corrected chi connectivity index (χ0v) is 20.3. The molecule has 0 saturated heterocycles. The molecule has 0 saturated carbocycles. The van der Waals surface area contributed by atoms with E-state index in [0.29, 0.717) is 45.2 Å². The summed E-state index contributed by atoms with van der Waals surface area (Å²) in [6, 6.07) is 14.9. The number of nitrogens with zero attached hydrogens (tertiary/aromatic N) is 3. The van der Waals surface area contributed by atoms with Gasteiger partial charge in [-0.2, -0.15) is 0 Å². The summed E-state index contributed by atoms with van der Waals surface area (Å²) >= 11 is 15.3. The summed E-state index contributed by atoms with van der Waals surface area (Å²) in [4.78, 5) is 24.9. The van der Waals surface area contributed by atoms with E-state index in [1.165, 1.54) is 11.3 Å². The van der Waals surface area contributed by atoms with Crippen LogP contribution in [0.2, 0.25) is 10.0 Å². The number of hydrogen-bond acceptors (Lipinski definition) is 6. The maximum atomic E-state index is 13.3. The van der Waals surface area contributed by atoms with Crippen LogP contribution in [0, 0.1) is 0 Å². The van der Waals surface area contributed by atoms with Crippen molar-refractivity contribution in [3.8, 4) is 5.75 Å². The topological polar surface area (TPSA) is 55.3 Å². The van der Waals surface area contributed by atoms with E-state index in [1.807, 2.05) is 36.4 Å². The first-order chi connectivity index (χ1) is 15.5. The summed E-state index contributed by atoms with van der Waals surface area (Å²) < 4.78 is 6.23. The van der Waals surface area contributed by atoms with Gasteiger partial charge in [-0.1, -0.05) is 40.6 Å². The summed E-state index contributed by atoms with van der Waals surface area (Å²) in [5.74, 6) is 1.24. The molecule has 1 amide bonds. The van der Waals surface area contributed by atoms with Crippen LogP contribution in [0.25, 0.3) is 10.2 Å². The Hall–Kier alpha value is -2.32. The van der Waals surface area contributed by atoms with Crippen molar-refractivity contribution in [1.29, 1.82) is 0 Å². The average molecular weight is 504 g/mol. The molecule has 0 aliphatic rings. The van der Waals surface area contributed by atoms with Crippen molar-refractivity contribution in [2.75, 3.05) is 17.8 Å². The molecule has 0 fully saturated rings. The average Bonchev–Trinajstić information content (AvgIpc) is 3.26. The first kappa shape index (κ1) is 22.9. The summed E-state index contributed by atoms with van der Waals surface area (Å²) in [5, 5.41) is 1.85. The van der Waals surface area contributed by atoms with Gasteiger partial charge >= 0.3 is 0 Å². The van der Waals surface area contributed by atoms with Crippen molar-refractivity contribution in [1.82, 2.24) is 9.97 Å². The Morgan fingerprint density at radius 1 is 1.16 bits per heavy atom. The van der Waals surface area contributed by atoms with Gasteiger partial charge in [0.2, 0.25) is 5.91 Å². The Balaban J connectivity index is 1.58. The molecule has 0 spiro atoms. The number of carbonyl (C=O) groups is 1. The van der Waals surface area contributed by atoms with Crippen LogP contribution in [-0.4, -0.2) is 28.7 Å². The second-order valence-corrected chi connectivity index (χ2v) is 9.81. The summed E-state index contributed by atoms with van der Waals surface area (Å²) in [7, 11) is 1.59. The number of ether oxygens (including phenoxy) is 1. The van der Waals surface area contributed by atoms with Crippen LogP contribution in [0.1, 0.15) is 12.0 Å². The zero-order valence-electron chi connectivity index (χ0n) is 17.1. The van der Waals surface area contributed by atoms with Crippen molar-refractivity contribution in [2.45, 2.75) is 17.9 Å². The number of thiazole rings is 1. The molecule has 2 heterocycles. The minimum atomic E-state index is -0.0236. The van der Waals surface area contributed by atoms with Crippen LogP contribution in [0.3, 0.4) is 0 Å². The molecule has 0 radical (unpaired) electrons. The molecule has 9 heteroatoms. The lowest BCUT2D eigenvalue weighted by Crippen LogP contribution is -2.30. The van der Waals surface area contributed by atoms with E-state index in [4.69, 9.17) is 32.9 Å². The molecule has 4 rings (SSSR count). The zero-order chi connectivity index (χ0) is 22.5. The minimum absolute atomic E-state index is 0.0236. The molecule has 2 aromatic heterocycles. The van der Waals surface area contributed by atoms with Crippen LogP contribution in [0.4, 0.5) is 5.13 Å². The standard InChI is InChI=1S/C23H19Cl2N3O2S2/c1-30-19-9-8-18(25)22-21(19)27-23(32-22)28(14-15-3-2-11-26-13-15)20(29)10-12-31-17-6-4-16(24)5-7-17/h2-9,11,13H,10,12,14H2,1H3. The molecule has 0 atom stereocenters. The molecule has 0 bridgehead atoms. The number of rotatable bonds is 8. The second kappa shape index (κ2) is 10.5. The van der Waals surface area contributed by atoms with E-state index in [-0.39, 0.29) is 5.91 Å². The van der Waals surface area contributed by atoms with E-state index in [9.17, 15) is 4.79 Å². The third-order valence-corrected chi connectivity index (χ3v) is 7.47. The summed E-state index contributed by atoms with van der Waals surface area (Å²) in [6.45, 7) is 0.373. The van der Waals surface area contributed by atoms with Gasteiger partial charge in [0.05, 0.1) is 23.4 Å². The Bertz CT molecular complexity index is 1220. The monoisotopic (exact) mass is 503 g/mol. The molecule has 0 unspecified atom stereocenters. The highest BCUT2D eigenvalue weighted by Gasteiger charge is 2.22. The Kier molecular flexibility index (Phi) is 7.52. The number of pyridine rings is 1. The molecular weight excluding hydrogens is 485 g/mol. The largest absolute Gasteiger partial charge is 0.494 e. The number of fused-ring (bicyclic) bond motifs is 1. The van der Waals surface area contributed by atoms with Crippen molar-refractivity contribution >= 4 is 67.6 Å². The van der Waals surface area contributed by atoms with E-state index >= 15 is 0 Å². The maximum Gasteiger partial charge on any atom is 0.229 e. The quantitative estimate of drug-likeness (QED) is 0.249. The highest BCUT2D eigenvalue weighted by atomic mass is 35.5. The third kappa shape index (κ3) is 5.35.